The SMILES string of the molecule is C=C(C)/C=C(SC)\C(F)=C/C.C=C(C)/C=C(\NCC)C1CCCCC1.OO. The van der Waals surface area contributed by atoms with E-state index in [0.29, 0.717) is 4.91 Å². The van der Waals surface area contributed by atoms with Gasteiger partial charge in [0.1, 0.15) is 5.83 Å². The molecule has 0 amide bonds. The molecule has 0 unspecified atom stereocenters. The molecule has 5 heteroatoms. The van der Waals surface area contributed by atoms with Gasteiger partial charge in [-0.2, -0.15) is 0 Å². The van der Waals surface area contributed by atoms with Gasteiger partial charge < -0.3 is 5.32 Å². The fraction of sp³-hybridized carbons (Fsp3) is 0.545. The second kappa shape index (κ2) is 18.1. The van der Waals surface area contributed by atoms with Crippen LogP contribution in [-0.4, -0.2) is 23.3 Å². The Labute approximate surface area is 169 Å². The van der Waals surface area contributed by atoms with E-state index in [1.807, 2.05) is 13.2 Å². The molecule has 0 spiro atoms. The minimum atomic E-state index is -0.180. The molecular weight excluding hydrogens is 361 g/mol. The summed E-state index contributed by atoms with van der Waals surface area (Å²) in [7, 11) is 0. The van der Waals surface area contributed by atoms with Gasteiger partial charge in [-0.25, -0.2) is 4.39 Å². The van der Waals surface area contributed by atoms with Gasteiger partial charge in [0.15, 0.2) is 0 Å². The van der Waals surface area contributed by atoms with E-state index in [-0.39, 0.29) is 5.83 Å². The van der Waals surface area contributed by atoms with Gasteiger partial charge >= 0.3 is 0 Å². The summed E-state index contributed by atoms with van der Waals surface area (Å²) in [5.74, 6) is 0.584. The lowest BCUT2D eigenvalue weighted by Crippen LogP contribution is -2.22. The van der Waals surface area contributed by atoms with E-state index < -0.39 is 0 Å². The summed E-state index contributed by atoms with van der Waals surface area (Å²) < 4.78 is 12.9. The first-order valence-electron chi connectivity index (χ1n) is 9.40. The molecular formula is C22H38FNO2S. The zero-order valence-electron chi connectivity index (χ0n) is 17.6. The lowest BCUT2D eigenvalue weighted by Gasteiger charge is -2.25. The van der Waals surface area contributed by atoms with Gasteiger partial charge in [0.05, 0.1) is 0 Å². The highest BCUT2D eigenvalue weighted by Gasteiger charge is 2.16. The lowest BCUT2D eigenvalue weighted by molar-refractivity contribution is -0.176. The molecule has 1 fully saturated rings. The molecule has 0 heterocycles. The van der Waals surface area contributed by atoms with Crippen LogP contribution in [0, 0.1) is 5.92 Å². The van der Waals surface area contributed by atoms with Crippen molar-refractivity contribution in [1.29, 1.82) is 0 Å². The molecule has 0 bridgehead atoms. The third-order valence-electron chi connectivity index (χ3n) is 3.91. The van der Waals surface area contributed by atoms with Crippen LogP contribution in [0.25, 0.3) is 0 Å². The first kappa shape index (κ1) is 27.9. The van der Waals surface area contributed by atoms with Gasteiger partial charge in [-0.3, -0.25) is 10.5 Å². The molecule has 27 heavy (non-hydrogen) atoms. The molecule has 0 atom stereocenters. The normalized spacial score (nSPS) is 15.8. The second-order valence-corrected chi connectivity index (χ2v) is 7.36. The Balaban J connectivity index is 0. The highest BCUT2D eigenvalue weighted by molar-refractivity contribution is 8.02. The van der Waals surface area contributed by atoms with E-state index in [1.165, 1.54) is 55.6 Å². The molecule has 0 aromatic carbocycles. The molecule has 3 N–H and O–H groups in total. The number of hydrogen-bond acceptors (Lipinski definition) is 4. The monoisotopic (exact) mass is 399 g/mol. The molecule has 0 radical (unpaired) electrons. The summed E-state index contributed by atoms with van der Waals surface area (Å²) in [6.07, 6.45) is 14.2. The van der Waals surface area contributed by atoms with Crippen molar-refractivity contribution in [3.05, 3.63) is 59.0 Å². The van der Waals surface area contributed by atoms with Gasteiger partial charge in [0.2, 0.25) is 0 Å². The second-order valence-electron chi connectivity index (χ2n) is 6.51. The Bertz CT molecular complexity index is 518. The van der Waals surface area contributed by atoms with Crippen LogP contribution in [0.4, 0.5) is 4.39 Å². The molecule has 0 aromatic rings. The van der Waals surface area contributed by atoms with Crippen molar-refractivity contribution >= 4 is 11.8 Å². The third kappa shape index (κ3) is 14.4. The van der Waals surface area contributed by atoms with Crippen LogP contribution in [0.3, 0.4) is 0 Å². The third-order valence-corrected chi connectivity index (χ3v) is 4.67. The van der Waals surface area contributed by atoms with Crippen molar-refractivity contribution in [2.75, 3.05) is 12.8 Å². The Hall–Kier alpha value is -1.30. The van der Waals surface area contributed by atoms with Gasteiger partial charge in [0.25, 0.3) is 0 Å². The maximum Gasteiger partial charge on any atom is 0.132 e. The number of thioether (sulfide) groups is 1. The van der Waals surface area contributed by atoms with Crippen LogP contribution in [0.15, 0.2) is 59.0 Å². The van der Waals surface area contributed by atoms with Crippen molar-refractivity contribution in [2.45, 2.75) is 59.8 Å². The maximum absolute atomic E-state index is 12.9. The van der Waals surface area contributed by atoms with E-state index in [4.69, 9.17) is 10.5 Å². The van der Waals surface area contributed by atoms with E-state index in [9.17, 15) is 4.39 Å². The van der Waals surface area contributed by atoms with Gasteiger partial charge in [0, 0.05) is 17.1 Å². The fourth-order valence-electron chi connectivity index (χ4n) is 2.79. The van der Waals surface area contributed by atoms with Crippen LogP contribution in [0.5, 0.6) is 0 Å². The number of allylic oxidation sites excluding steroid dienone is 7. The number of nitrogens with one attached hydrogen (secondary N) is 1. The van der Waals surface area contributed by atoms with Crippen LogP contribution in [0.1, 0.15) is 59.8 Å². The van der Waals surface area contributed by atoms with E-state index >= 15 is 0 Å². The van der Waals surface area contributed by atoms with E-state index in [2.05, 4.69) is 38.4 Å². The largest absolute Gasteiger partial charge is 0.388 e. The van der Waals surface area contributed by atoms with Crippen LogP contribution in [-0.2, 0) is 0 Å². The van der Waals surface area contributed by atoms with E-state index in [1.54, 1.807) is 13.0 Å². The Morgan fingerprint density at radius 2 is 1.63 bits per heavy atom. The molecule has 0 aromatic heterocycles. The van der Waals surface area contributed by atoms with Gasteiger partial charge in [-0.05, 0) is 64.9 Å². The van der Waals surface area contributed by atoms with E-state index in [0.717, 1.165) is 23.6 Å². The maximum atomic E-state index is 12.9. The summed E-state index contributed by atoms with van der Waals surface area (Å²) in [6.45, 7) is 16.4. The predicted octanol–water partition coefficient (Wildman–Crippen LogP) is 7.34. The van der Waals surface area contributed by atoms with Crippen molar-refractivity contribution in [3.63, 3.8) is 0 Å². The molecule has 0 saturated heterocycles. The summed E-state index contributed by atoms with van der Waals surface area (Å²) in [6, 6.07) is 0. The first-order valence-corrected chi connectivity index (χ1v) is 10.6. The van der Waals surface area contributed by atoms with Crippen molar-refractivity contribution in [3.8, 4) is 0 Å². The predicted molar refractivity (Wildman–Crippen MR) is 120 cm³/mol. The average molecular weight is 400 g/mol. The Morgan fingerprint density at radius 3 is 2.00 bits per heavy atom. The molecule has 3 nitrogen and oxygen atoms in total. The fourth-order valence-corrected chi connectivity index (χ4v) is 3.42. The first-order chi connectivity index (χ1) is 12.8. The average Bonchev–Trinajstić information content (AvgIpc) is 2.67. The molecule has 1 aliphatic rings. The zero-order chi connectivity index (χ0) is 21.2. The van der Waals surface area contributed by atoms with Gasteiger partial charge in [-0.15, -0.1) is 11.8 Å². The molecule has 1 aliphatic carbocycles. The summed E-state index contributed by atoms with van der Waals surface area (Å²) in [5, 5.41) is 15.5. The summed E-state index contributed by atoms with van der Waals surface area (Å²) in [5.41, 5.74) is 3.44. The molecule has 1 saturated carbocycles. The highest BCUT2D eigenvalue weighted by Crippen LogP contribution is 2.28. The Morgan fingerprint density at radius 1 is 1.11 bits per heavy atom. The van der Waals surface area contributed by atoms with Crippen LogP contribution >= 0.6 is 11.8 Å². The van der Waals surface area contributed by atoms with Crippen molar-refractivity contribution in [2.24, 2.45) is 5.92 Å². The number of rotatable bonds is 7. The number of hydrogen-bond donors (Lipinski definition) is 3. The molecule has 0 aliphatic heterocycles. The van der Waals surface area contributed by atoms with Crippen LogP contribution < -0.4 is 5.32 Å². The molecule has 156 valence electrons. The zero-order valence-corrected chi connectivity index (χ0v) is 18.5. The summed E-state index contributed by atoms with van der Waals surface area (Å²) >= 11 is 1.39. The molecule has 1 rings (SSSR count). The minimum absolute atomic E-state index is 0.180. The quantitative estimate of drug-likeness (QED) is 0.238. The standard InChI is InChI=1S/C13H23N.C9H13FS.H2O2/c1-4-14-13(10-11(2)3)12-8-6-5-7-9-12;1-5-8(10)9(11-4)6-7(2)3;1-2/h10,12,14H,2,4-9H2,1,3H3;5-6H,2H2,1,3-4H3;1-2H/b13-10-;8-5+,9-6+;. The van der Waals surface area contributed by atoms with Crippen molar-refractivity contribution in [1.82, 2.24) is 5.32 Å². The topological polar surface area (TPSA) is 52.5 Å². The smallest absolute Gasteiger partial charge is 0.132 e. The van der Waals surface area contributed by atoms with Gasteiger partial charge in [-0.1, -0.05) is 49.6 Å². The summed E-state index contributed by atoms with van der Waals surface area (Å²) in [4.78, 5) is 0.639. The Kier molecular flexibility index (Phi) is 18.7. The lowest BCUT2D eigenvalue weighted by atomic mass is 9.86. The van der Waals surface area contributed by atoms with Crippen LogP contribution in [0.2, 0.25) is 0 Å². The number of halogens is 1. The highest BCUT2D eigenvalue weighted by atomic mass is 32.2. The van der Waals surface area contributed by atoms with Crippen molar-refractivity contribution < 1.29 is 14.9 Å². The minimum Gasteiger partial charge on any atom is -0.388 e.